The summed E-state index contributed by atoms with van der Waals surface area (Å²) in [7, 11) is 0. The predicted molar refractivity (Wildman–Crippen MR) is 71.3 cm³/mol. The van der Waals surface area contributed by atoms with Gasteiger partial charge in [0.1, 0.15) is 5.76 Å². The van der Waals surface area contributed by atoms with Gasteiger partial charge in [-0.15, -0.1) is 0 Å². The van der Waals surface area contributed by atoms with Crippen LogP contribution in [0.25, 0.3) is 0 Å². The smallest absolute Gasteiger partial charge is 0.305 e. The first-order valence-corrected chi connectivity index (χ1v) is 6.66. The summed E-state index contributed by atoms with van der Waals surface area (Å²) in [6, 6.07) is 1.77. The molecule has 106 valence electrons. The molecule has 0 bridgehead atoms. The van der Waals surface area contributed by atoms with E-state index in [2.05, 4.69) is 0 Å². The van der Waals surface area contributed by atoms with Crippen LogP contribution >= 0.6 is 0 Å². The van der Waals surface area contributed by atoms with Gasteiger partial charge < -0.3 is 14.4 Å². The maximum absolute atomic E-state index is 12.2. The fourth-order valence-electron chi connectivity index (χ4n) is 1.96. The zero-order chi connectivity index (χ0) is 14.4. The monoisotopic (exact) mass is 267 g/mol. The fraction of sp³-hybridized carbons (Fsp3) is 0.571. The minimum Gasteiger partial charge on any atom is -0.481 e. The molecule has 1 rings (SSSR count). The third-order valence-electron chi connectivity index (χ3n) is 3.07. The molecule has 1 aromatic heterocycles. The van der Waals surface area contributed by atoms with Crippen LogP contribution in [0.5, 0.6) is 0 Å². The molecule has 0 saturated carbocycles. The molecule has 0 aromatic carbocycles. The number of hydrogen-bond donors (Lipinski definition) is 1. The zero-order valence-corrected chi connectivity index (χ0v) is 11.7. The van der Waals surface area contributed by atoms with Gasteiger partial charge in [0.25, 0.3) is 5.91 Å². The number of carboxylic acids is 1. The number of hydrogen-bond acceptors (Lipinski definition) is 3. The Bertz CT molecular complexity index is 429. The minimum atomic E-state index is -0.908. The number of carboxylic acid groups (broad SMARTS) is 1. The van der Waals surface area contributed by atoms with E-state index in [1.165, 1.54) is 4.90 Å². The maximum Gasteiger partial charge on any atom is 0.305 e. The molecule has 5 nitrogen and oxygen atoms in total. The van der Waals surface area contributed by atoms with Crippen LogP contribution in [0.3, 0.4) is 0 Å². The molecule has 0 atom stereocenters. The van der Waals surface area contributed by atoms with E-state index in [9.17, 15) is 9.59 Å². The van der Waals surface area contributed by atoms with E-state index in [1.54, 1.807) is 6.07 Å². The van der Waals surface area contributed by atoms with Crippen LogP contribution in [0, 0.1) is 0 Å². The van der Waals surface area contributed by atoms with Crippen LogP contribution < -0.4 is 0 Å². The molecule has 5 heteroatoms. The van der Waals surface area contributed by atoms with Crippen molar-refractivity contribution < 1.29 is 19.1 Å². The molecule has 19 heavy (non-hydrogen) atoms. The van der Waals surface area contributed by atoms with E-state index in [0.29, 0.717) is 12.3 Å². The first kappa shape index (κ1) is 15.3. The molecule has 1 aromatic rings. The van der Waals surface area contributed by atoms with Crippen molar-refractivity contribution in [3.63, 3.8) is 0 Å². The molecule has 0 unspecified atom stereocenters. The number of amides is 1. The number of furan rings is 1. The zero-order valence-electron chi connectivity index (χ0n) is 11.7. The van der Waals surface area contributed by atoms with Crippen LogP contribution in [0.4, 0.5) is 0 Å². The number of carbonyl (C=O) groups is 2. The lowest BCUT2D eigenvalue weighted by molar-refractivity contribution is -0.137. The third-order valence-corrected chi connectivity index (χ3v) is 3.07. The summed E-state index contributed by atoms with van der Waals surface area (Å²) >= 11 is 0. The Labute approximate surface area is 113 Å². The largest absolute Gasteiger partial charge is 0.481 e. The first-order chi connectivity index (χ1) is 9.03. The van der Waals surface area contributed by atoms with E-state index >= 15 is 0 Å². The molecule has 0 spiro atoms. The highest BCUT2D eigenvalue weighted by atomic mass is 16.4. The summed E-state index contributed by atoms with van der Waals surface area (Å²) in [5.74, 6) is -0.00610. The van der Waals surface area contributed by atoms with E-state index in [-0.39, 0.29) is 18.9 Å². The van der Waals surface area contributed by atoms with Gasteiger partial charge in [0, 0.05) is 19.5 Å². The van der Waals surface area contributed by atoms with Crippen LogP contribution in [0.2, 0.25) is 0 Å². The molecule has 0 fully saturated rings. The number of nitrogens with zero attached hydrogens (tertiary/aromatic N) is 1. The average molecular weight is 267 g/mol. The van der Waals surface area contributed by atoms with Crippen molar-refractivity contribution in [1.82, 2.24) is 4.90 Å². The SMILES string of the molecule is CCc1cc(C(=O)N(CC)CCC(=O)O)oc1CC. The van der Waals surface area contributed by atoms with Crippen molar-refractivity contribution in [1.29, 1.82) is 0 Å². The van der Waals surface area contributed by atoms with Gasteiger partial charge in [0.05, 0.1) is 6.42 Å². The lowest BCUT2D eigenvalue weighted by Gasteiger charge is -2.18. The minimum absolute atomic E-state index is 0.0540. The second-order valence-electron chi connectivity index (χ2n) is 4.29. The lowest BCUT2D eigenvalue weighted by Crippen LogP contribution is -2.32. The summed E-state index contributed by atoms with van der Waals surface area (Å²) in [6.07, 6.45) is 1.51. The highest BCUT2D eigenvalue weighted by Gasteiger charge is 2.20. The molecule has 0 saturated heterocycles. The number of aliphatic carboxylic acids is 1. The summed E-state index contributed by atoms with van der Waals surface area (Å²) in [5, 5.41) is 8.67. The van der Waals surface area contributed by atoms with Gasteiger partial charge in [-0.05, 0) is 25.0 Å². The molecule has 1 heterocycles. The molecular weight excluding hydrogens is 246 g/mol. The van der Waals surface area contributed by atoms with Crippen molar-refractivity contribution in [2.75, 3.05) is 13.1 Å². The van der Waals surface area contributed by atoms with Gasteiger partial charge in [0.15, 0.2) is 5.76 Å². The average Bonchev–Trinajstić information content (AvgIpc) is 2.81. The molecule has 1 N–H and O–H groups in total. The number of rotatable bonds is 7. The van der Waals surface area contributed by atoms with Gasteiger partial charge in [-0.3, -0.25) is 9.59 Å². The maximum atomic E-state index is 12.2. The van der Waals surface area contributed by atoms with Gasteiger partial charge in [0.2, 0.25) is 0 Å². The highest BCUT2D eigenvalue weighted by molar-refractivity contribution is 5.92. The van der Waals surface area contributed by atoms with E-state index in [4.69, 9.17) is 9.52 Å². The van der Waals surface area contributed by atoms with Gasteiger partial charge >= 0.3 is 5.97 Å². The second kappa shape index (κ2) is 6.97. The Kier molecular flexibility index (Phi) is 5.60. The van der Waals surface area contributed by atoms with Crippen molar-refractivity contribution >= 4 is 11.9 Å². The Hall–Kier alpha value is -1.78. The summed E-state index contributed by atoms with van der Waals surface area (Å²) in [5.41, 5.74) is 1.04. The molecular formula is C14H21NO4. The topological polar surface area (TPSA) is 70.8 Å². The van der Waals surface area contributed by atoms with Crippen LogP contribution in [-0.2, 0) is 17.6 Å². The molecule has 0 aliphatic heterocycles. The standard InChI is InChI=1S/C14H21NO4/c1-4-10-9-12(19-11(10)5-2)14(18)15(6-3)8-7-13(16)17/h9H,4-8H2,1-3H3,(H,16,17). The first-order valence-electron chi connectivity index (χ1n) is 6.66. The van der Waals surface area contributed by atoms with Gasteiger partial charge in [-0.2, -0.15) is 0 Å². The molecule has 0 radical (unpaired) electrons. The van der Waals surface area contributed by atoms with Crippen LogP contribution in [0.1, 0.15) is 49.1 Å². The quantitative estimate of drug-likeness (QED) is 0.823. The van der Waals surface area contributed by atoms with Gasteiger partial charge in [-0.1, -0.05) is 13.8 Å². The molecule has 1 amide bonds. The van der Waals surface area contributed by atoms with E-state index < -0.39 is 5.97 Å². The van der Waals surface area contributed by atoms with Crippen molar-refractivity contribution in [2.24, 2.45) is 0 Å². The van der Waals surface area contributed by atoms with E-state index in [0.717, 1.165) is 24.2 Å². The fourth-order valence-corrected chi connectivity index (χ4v) is 1.96. The number of carbonyl (C=O) groups excluding carboxylic acids is 1. The summed E-state index contributed by atoms with van der Waals surface area (Å²) < 4.78 is 5.57. The van der Waals surface area contributed by atoms with Crippen molar-refractivity contribution in [3.05, 3.63) is 23.2 Å². The Morgan fingerprint density at radius 2 is 1.95 bits per heavy atom. The van der Waals surface area contributed by atoms with Crippen molar-refractivity contribution in [2.45, 2.75) is 40.0 Å². The second-order valence-corrected chi connectivity index (χ2v) is 4.29. The third kappa shape index (κ3) is 3.84. The van der Waals surface area contributed by atoms with E-state index in [1.807, 2.05) is 20.8 Å². The highest BCUT2D eigenvalue weighted by Crippen LogP contribution is 2.18. The van der Waals surface area contributed by atoms with Gasteiger partial charge in [-0.25, -0.2) is 0 Å². The summed E-state index contributed by atoms with van der Waals surface area (Å²) in [4.78, 5) is 24.3. The normalized spacial score (nSPS) is 10.5. The molecule has 0 aliphatic carbocycles. The van der Waals surface area contributed by atoms with Crippen molar-refractivity contribution in [3.8, 4) is 0 Å². The van der Waals surface area contributed by atoms with Crippen LogP contribution in [0.15, 0.2) is 10.5 Å². The predicted octanol–water partition coefficient (Wildman–Crippen LogP) is 2.34. The summed E-state index contributed by atoms with van der Waals surface area (Å²) in [6.45, 7) is 6.49. The lowest BCUT2D eigenvalue weighted by atomic mass is 10.1. The Morgan fingerprint density at radius 1 is 1.26 bits per heavy atom. The number of aryl methyl sites for hydroxylation is 2. The molecule has 0 aliphatic rings. The Balaban J connectivity index is 2.84. The van der Waals surface area contributed by atoms with Crippen LogP contribution in [-0.4, -0.2) is 35.0 Å². The Morgan fingerprint density at radius 3 is 2.37 bits per heavy atom.